The molecule has 0 radical (unpaired) electrons. The lowest BCUT2D eigenvalue weighted by Crippen LogP contribution is -2.39. The predicted molar refractivity (Wildman–Crippen MR) is 95.1 cm³/mol. The third kappa shape index (κ3) is 4.56. The molecule has 0 aromatic carbocycles. The average Bonchev–Trinajstić information content (AvgIpc) is 3.39. The molecule has 6 nitrogen and oxygen atoms in total. The number of aliphatic hydroxyl groups excluding tert-OH is 1. The van der Waals surface area contributed by atoms with Crippen LogP contribution in [0, 0.1) is 0 Å². The van der Waals surface area contributed by atoms with Crippen LogP contribution in [0.4, 0.5) is 0 Å². The summed E-state index contributed by atoms with van der Waals surface area (Å²) >= 11 is 2.88. The number of aliphatic hydroxyl groups is 1. The highest BCUT2D eigenvalue weighted by atomic mass is 32.1. The second-order valence-electron chi connectivity index (χ2n) is 5.22. The van der Waals surface area contributed by atoms with Crippen molar-refractivity contribution >= 4 is 34.5 Å². The number of hydrogen-bond donors (Lipinski definition) is 3. The van der Waals surface area contributed by atoms with Crippen molar-refractivity contribution in [2.45, 2.75) is 19.2 Å². The Morgan fingerprint density at radius 2 is 1.92 bits per heavy atom. The molecule has 0 saturated heterocycles. The quantitative estimate of drug-likeness (QED) is 0.576. The van der Waals surface area contributed by atoms with Crippen LogP contribution in [-0.4, -0.2) is 16.9 Å². The molecule has 3 heterocycles. The zero-order chi connectivity index (χ0) is 17.6. The Bertz CT molecular complexity index is 825. The summed E-state index contributed by atoms with van der Waals surface area (Å²) in [5, 5.41) is 19.2. The van der Waals surface area contributed by atoms with E-state index in [1.165, 1.54) is 28.9 Å². The van der Waals surface area contributed by atoms with Gasteiger partial charge in [-0.2, -0.15) is 11.3 Å². The van der Waals surface area contributed by atoms with Crippen molar-refractivity contribution in [2.75, 3.05) is 0 Å². The fraction of sp³-hybridized carbons (Fsp3) is 0.176. The monoisotopic (exact) mass is 376 g/mol. The van der Waals surface area contributed by atoms with E-state index in [1.807, 2.05) is 16.8 Å². The van der Waals surface area contributed by atoms with Crippen molar-refractivity contribution in [3.63, 3.8) is 0 Å². The number of carbonyl (C=O) groups is 2. The van der Waals surface area contributed by atoms with Gasteiger partial charge < -0.3 is 20.2 Å². The predicted octanol–water partition coefficient (Wildman–Crippen LogP) is 2.42. The summed E-state index contributed by atoms with van der Waals surface area (Å²) < 4.78 is 5.18. The lowest BCUT2D eigenvalue weighted by atomic mass is 10.2. The third-order valence-corrected chi connectivity index (χ3v) is 5.30. The molecule has 0 saturated carbocycles. The zero-order valence-corrected chi connectivity index (χ0v) is 14.7. The summed E-state index contributed by atoms with van der Waals surface area (Å²) in [6.45, 7) is 0.550. The molecule has 3 N–H and O–H groups in total. The first-order valence-electron chi connectivity index (χ1n) is 7.50. The smallest absolute Gasteiger partial charge is 0.309 e. The van der Waals surface area contributed by atoms with Gasteiger partial charge in [-0.15, -0.1) is 11.3 Å². The summed E-state index contributed by atoms with van der Waals surface area (Å²) in [6, 6.07) is 8.87. The molecule has 0 fully saturated rings. The number of hydrogen-bond acceptors (Lipinski definition) is 6. The molecular formula is C17H16N2O4S2. The summed E-state index contributed by atoms with van der Waals surface area (Å²) in [5.74, 6) is -0.888. The van der Waals surface area contributed by atoms with Gasteiger partial charge in [-0.05, 0) is 46.7 Å². The molecule has 1 atom stereocenters. The molecule has 0 aliphatic heterocycles. The Balaban J connectivity index is 1.48. The van der Waals surface area contributed by atoms with Gasteiger partial charge in [0.1, 0.15) is 11.9 Å². The molecule has 3 aromatic heterocycles. The Labute approximate surface area is 152 Å². The van der Waals surface area contributed by atoms with Crippen molar-refractivity contribution in [2.24, 2.45) is 0 Å². The number of furan rings is 1. The number of rotatable bonds is 6. The van der Waals surface area contributed by atoms with Crippen LogP contribution >= 0.6 is 22.7 Å². The fourth-order valence-corrected chi connectivity index (χ4v) is 3.74. The van der Waals surface area contributed by atoms with Gasteiger partial charge in [0, 0.05) is 16.3 Å². The van der Waals surface area contributed by atoms with E-state index in [4.69, 9.17) is 4.42 Å². The molecule has 3 aromatic rings. The lowest BCUT2D eigenvalue weighted by Gasteiger charge is -2.05. The maximum atomic E-state index is 11.8. The van der Waals surface area contributed by atoms with Crippen molar-refractivity contribution in [3.05, 3.63) is 68.4 Å². The van der Waals surface area contributed by atoms with Crippen LogP contribution in [0.15, 0.2) is 51.8 Å². The second kappa shape index (κ2) is 8.11. The lowest BCUT2D eigenvalue weighted by molar-refractivity contribution is -0.139. The Morgan fingerprint density at radius 3 is 2.60 bits per heavy atom. The van der Waals surface area contributed by atoms with Crippen LogP contribution in [0.5, 0.6) is 0 Å². The summed E-state index contributed by atoms with van der Waals surface area (Å²) in [5.41, 5.74) is 0.959. The minimum atomic E-state index is -0.835. The SMILES string of the molecule is O=C(NCc1ccsc1)C(=O)NCc1ccc(C(O)c2ccco2)s1. The zero-order valence-electron chi connectivity index (χ0n) is 13.1. The molecule has 0 spiro atoms. The standard InChI is InChI=1S/C17H16N2O4S2/c20-15(13-2-1-6-23-13)14-4-3-12(25-14)9-19-17(22)16(21)18-8-11-5-7-24-10-11/h1-7,10,15,20H,8-9H2,(H,18,21)(H,19,22). The van der Waals surface area contributed by atoms with Crippen LogP contribution in [-0.2, 0) is 22.7 Å². The van der Waals surface area contributed by atoms with Gasteiger partial charge >= 0.3 is 11.8 Å². The van der Waals surface area contributed by atoms with Crippen molar-refractivity contribution in [1.29, 1.82) is 0 Å². The van der Waals surface area contributed by atoms with Crippen LogP contribution < -0.4 is 10.6 Å². The normalized spacial score (nSPS) is 11.9. The topological polar surface area (TPSA) is 91.6 Å². The first-order chi connectivity index (χ1) is 12.1. The molecule has 1 unspecified atom stereocenters. The molecule has 0 aliphatic carbocycles. The number of amides is 2. The molecular weight excluding hydrogens is 360 g/mol. The maximum absolute atomic E-state index is 11.8. The van der Waals surface area contributed by atoms with Gasteiger partial charge in [0.2, 0.25) is 0 Å². The van der Waals surface area contributed by atoms with Gasteiger partial charge in [0.25, 0.3) is 0 Å². The minimum absolute atomic E-state index is 0.222. The first-order valence-corrected chi connectivity index (χ1v) is 9.26. The summed E-state index contributed by atoms with van der Waals surface area (Å²) in [7, 11) is 0. The third-order valence-electron chi connectivity index (χ3n) is 3.43. The molecule has 130 valence electrons. The molecule has 0 aliphatic rings. The van der Waals surface area contributed by atoms with E-state index in [0.717, 1.165) is 10.4 Å². The highest BCUT2D eigenvalue weighted by Gasteiger charge is 2.17. The second-order valence-corrected chi connectivity index (χ2v) is 7.20. The summed E-state index contributed by atoms with van der Waals surface area (Å²) in [4.78, 5) is 25.1. The largest absolute Gasteiger partial charge is 0.466 e. The summed E-state index contributed by atoms with van der Waals surface area (Å²) in [6.07, 6.45) is 0.667. The van der Waals surface area contributed by atoms with Crippen molar-refractivity contribution in [1.82, 2.24) is 10.6 Å². The van der Waals surface area contributed by atoms with E-state index in [1.54, 1.807) is 24.3 Å². The highest BCUT2D eigenvalue weighted by Crippen LogP contribution is 2.28. The van der Waals surface area contributed by atoms with Gasteiger partial charge in [-0.1, -0.05) is 0 Å². The average molecular weight is 376 g/mol. The molecule has 8 heteroatoms. The molecule has 3 rings (SSSR count). The van der Waals surface area contributed by atoms with E-state index < -0.39 is 17.9 Å². The van der Waals surface area contributed by atoms with E-state index in [0.29, 0.717) is 17.2 Å². The number of nitrogens with one attached hydrogen (secondary N) is 2. The molecule has 25 heavy (non-hydrogen) atoms. The van der Waals surface area contributed by atoms with E-state index in [2.05, 4.69) is 10.6 Å². The van der Waals surface area contributed by atoms with Crippen LogP contribution in [0.3, 0.4) is 0 Å². The van der Waals surface area contributed by atoms with Gasteiger partial charge in [-0.3, -0.25) is 9.59 Å². The van der Waals surface area contributed by atoms with E-state index in [-0.39, 0.29) is 6.54 Å². The first kappa shape index (κ1) is 17.4. The minimum Gasteiger partial charge on any atom is -0.466 e. The van der Waals surface area contributed by atoms with Gasteiger partial charge in [0.05, 0.1) is 12.8 Å². The number of carbonyl (C=O) groups excluding carboxylic acids is 2. The van der Waals surface area contributed by atoms with Gasteiger partial charge in [-0.25, -0.2) is 0 Å². The van der Waals surface area contributed by atoms with Crippen molar-refractivity contribution < 1.29 is 19.1 Å². The van der Waals surface area contributed by atoms with Crippen LogP contribution in [0.1, 0.15) is 27.2 Å². The van der Waals surface area contributed by atoms with E-state index in [9.17, 15) is 14.7 Å². The number of thiophene rings is 2. The van der Waals surface area contributed by atoms with E-state index >= 15 is 0 Å². The Kier molecular flexibility index (Phi) is 5.64. The molecule has 0 bridgehead atoms. The Hall–Kier alpha value is -2.42. The Morgan fingerprint density at radius 1 is 1.12 bits per heavy atom. The fourth-order valence-electron chi connectivity index (χ4n) is 2.13. The van der Waals surface area contributed by atoms with Crippen LogP contribution in [0.25, 0.3) is 0 Å². The van der Waals surface area contributed by atoms with Crippen LogP contribution in [0.2, 0.25) is 0 Å². The maximum Gasteiger partial charge on any atom is 0.309 e. The highest BCUT2D eigenvalue weighted by molar-refractivity contribution is 7.12. The van der Waals surface area contributed by atoms with Crippen molar-refractivity contribution in [3.8, 4) is 0 Å². The molecule has 2 amide bonds. The van der Waals surface area contributed by atoms with Gasteiger partial charge in [0.15, 0.2) is 0 Å².